The Bertz CT molecular complexity index is 379. The van der Waals surface area contributed by atoms with Crippen LogP contribution in [0, 0.1) is 5.92 Å². The smallest absolute Gasteiger partial charge is 0.150 e. The van der Waals surface area contributed by atoms with Crippen molar-refractivity contribution >= 4 is 21.6 Å². The van der Waals surface area contributed by atoms with Crippen LogP contribution in [0.4, 0.5) is 0 Å². The Morgan fingerprint density at radius 1 is 1.37 bits per heavy atom. The summed E-state index contributed by atoms with van der Waals surface area (Å²) in [6.07, 6.45) is 5.34. The van der Waals surface area contributed by atoms with Gasteiger partial charge in [-0.05, 0) is 32.2 Å². The molecule has 2 rings (SSSR count). The van der Waals surface area contributed by atoms with Gasteiger partial charge in [-0.25, -0.2) is 8.42 Å². The van der Waals surface area contributed by atoms with E-state index in [1.807, 2.05) is 18.8 Å². The number of nitrogens with one attached hydrogen (secondary N) is 1. The first-order valence-corrected chi connectivity index (χ1v) is 10.2. The van der Waals surface area contributed by atoms with Crippen molar-refractivity contribution in [3.63, 3.8) is 0 Å². The molecule has 0 bridgehead atoms. The predicted octanol–water partition coefficient (Wildman–Crippen LogP) is 1.31. The summed E-state index contributed by atoms with van der Waals surface area (Å²) < 4.78 is 29.4. The lowest BCUT2D eigenvalue weighted by molar-refractivity contribution is 0.0261. The van der Waals surface area contributed by atoms with Crippen LogP contribution in [0.25, 0.3) is 0 Å². The van der Waals surface area contributed by atoms with Crippen molar-refractivity contribution in [3.8, 4) is 0 Å². The number of ether oxygens (including phenoxy) is 1. The molecule has 2 aliphatic rings. The highest BCUT2D eigenvalue weighted by Gasteiger charge is 2.36. The molecular formula is C13H25NO3S2. The van der Waals surface area contributed by atoms with E-state index in [0.29, 0.717) is 5.92 Å². The van der Waals surface area contributed by atoms with E-state index in [4.69, 9.17) is 4.74 Å². The molecule has 2 fully saturated rings. The van der Waals surface area contributed by atoms with Gasteiger partial charge in [0, 0.05) is 23.8 Å². The van der Waals surface area contributed by atoms with Gasteiger partial charge in [0.25, 0.3) is 0 Å². The molecule has 0 aromatic rings. The average molecular weight is 307 g/mol. The molecule has 1 saturated carbocycles. The Kier molecular flexibility index (Phi) is 5.57. The summed E-state index contributed by atoms with van der Waals surface area (Å²) in [7, 11) is -0.935. The molecule has 0 amide bonds. The SMILES string of the molecule is CNC(C1CCCC(S(C)(=O)=O)C1)C1CSCCO1. The molecule has 1 saturated heterocycles. The van der Waals surface area contributed by atoms with E-state index in [-0.39, 0.29) is 17.4 Å². The molecule has 1 N–H and O–H groups in total. The zero-order valence-corrected chi connectivity index (χ0v) is 13.4. The molecule has 112 valence electrons. The Balaban J connectivity index is 2.01. The van der Waals surface area contributed by atoms with E-state index >= 15 is 0 Å². The summed E-state index contributed by atoms with van der Waals surface area (Å²) in [5.41, 5.74) is 0. The molecule has 1 aliphatic carbocycles. The quantitative estimate of drug-likeness (QED) is 0.849. The standard InChI is InChI=1S/C13H25NO3S2/c1-14-13(12-9-18-7-6-17-12)10-4-3-5-11(8-10)19(2,15)16/h10-14H,3-9H2,1-2H3. The minimum absolute atomic E-state index is 0.154. The van der Waals surface area contributed by atoms with Crippen LogP contribution in [0.1, 0.15) is 25.7 Å². The van der Waals surface area contributed by atoms with E-state index in [1.165, 1.54) is 6.26 Å². The van der Waals surface area contributed by atoms with Crippen molar-refractivity contribution in [2.75, 3.05) is 31.4 Å². The van der Waals surface area contributed by atoms with Crippen molar-refractivity contribution in [3.05, 3.63) is 0 Å². The maximum atomic E-state index is 11.8. The molecule has 0 aromatic carbocycles. The first-order valence-electron chi connectivity index (χ1n) is 7.08. The van der Waals surface area contributed by atoms with Crippen LogP contribution in [0.3, 0.4) is 0 Å². The van der Waals surface area contributed by atoms with E-state index in [2.05, 4.69) is 5.32 Å². The van der Waals surface area contributed by atoms with Crippen LogP contribution in [-0.2, 0) is 14.6 Å². The van der Waals surface area contributed by atoms with E-state index < -0.39 is 9.84 Å². The third-order valence-electron chi connectivity index (χ3n) is 4.36. The largest absolute Gasteiger partial charge is 0.375 e. The summed E-state index contributed by atoms with van der Waals surface area (Å²) in [5.74, 6) is 2.51. The van der Waals surface area contributed by atoms with Gasteiger partial charge in [-0.1, -0.05) is 6.42 Å². The molecule has 1 heterocycles. The summed E-state index contributed by atoms with van der Waals surface area (Å²) >= 11 is 1.93. The maximum absolute atomic E-state index is 11.8. The van der Waals surface area contributed by atoms with Gasteiger partial charge >= 0.3 is 0 Å². The maximum Gasteiger partial charge on any atom is 0.150 e. The summed E-state index contributed by atoms with van der Waals surface area (Å²) in [6, 6.07) is 0.289. The van der Waals surface area contributed by atoms with Crippen molar-refractivity contribution in [2.24, 2.45) is 5.92 Å². The minimum atomic E-state index is -2.91. The number of hydrogen-bond donors (Lipinski definition) is 1. The van der Waals surface area contributed by atoms with Gasteiger partial charge in [-0.3, -0.25) is 0 Å². The highest BCUT2D eigenvalue weighted by atomic mass is 32.2. The summed E-state index contributed by atoms with van der Waals surface area (Å²) in [6.45, 7) is 0.815. The first kappa shape index (κ1) is 15.6. The molecule has 19 heavy (non-hydrogen) atoms. The summed E-state index contributed by atoms with van der Waals surface area (Å²) in [4.78, 5) is 0. The Hall–Kier alpha value is 0.220. The lowest BCUT2D eigenvalue weighted by Crippen LogP contribution is -2.50. The molecule has 6 heteroatoms. The van der Waals surface area contributed by atoms with Gasteiger partial charge in [0.2, 0.25) is 0 Å². The lowest BCUT2D eigenvalue weighted by atomic mass is 9.81. The number of sulfone groups is 1. The number of thioether (sulfide) groups is 1. The molecule has 4 nitrogen and oxygen atoms in total. The monoisotopic (exact) mass is 307 g/mol. The normalized spacial score (nSPS) is 34.9. The molecule has 0 radical (unpaired) electrons. The fourth-order valence-corrected chi connectivity index (χ4v) is 5.44. The second kappa shape index (κ2) is 6.78. The highest BCUT2D eigenvalue weighted by molar-refractivity contribution is 7.99. The van der Waals surface area contributed by atoms with Crippen molar-refractivity contribution in [1.29, 1.82) is 0 Å². The van der Waals surface area contributed by atoms with Crippen molar-refractivity contribution in [2.45, 2.75) is 43.1 Å². The van der Waals surface area contributed by atoms with Gasteiger partial charge in [0.05, 0.1) is 18.0 Å². The molecule has 4 atom stereocenters. The average Bonchev–Trinajstić information content (AvgIpc) is 2.40. The van der Waals surface area contributed by atoms with Gasteiger partial charge in [-0.15, -0.1) is 0 Å². The molecule has 0 aromatic heterocycles. The zero-order chi connectivity index (χ0) is 13.9. The van der Waals surface area contributed by atoms with Crippen molar-refractivity contribution in [1.82, 2.24) is 5.32 Å². The van der Waals surface area contributed by atoms with E-state index in [0.717, 1.165) is 43.8 Å². The third kappa shape index (κ3) is 4.09. The molecule has 4 unspecified atom stereocenters. The fourth-order valence-electron chi connectivity index (χ4n) is 3.33. The van der Waals surface area contributed by atoms with Crippen LogP contribution >= 0.6 is 11.8 Å². The van der Waals surface area contributed by atoms with Crippen LogP contribution in [0.5, 0.6) is 0 Å². The van der Waals surface area contributed by atoms with Crippen LogP contribution in [0.15, 0.2) is 0 Å². The Morgan fingerprint density at radius 3 is 2.74 bits per heavy atom. The Morgan fingerprint density at radius 2 is 2.16 bits per heavy atom. The molecule has 1 aliphatic heterocycles. The number of rotatable bonds is 4. The zero-order valence-electron chi connectivity index (χ0n) is 11.8. The van der Waals surface area contributed by atoms with E-state index in [9.17, 15) is 8.42 Å². The fraction of sp³-hybridized carbons (Fsp3) is 1.00. The first-order chi connectivity index (χ1) is 9.02. The number of likely N-dealkylation sites (N-methyl/N-ethyl adjacent to an activating group) is 1. The van der Waals surface area contributed by atoms with Crippen LogP contribution < -0.4 is 5.32 Å². The third-order valence-corrected chi connectivity index (χ3v) is 7.01. The van der Waals surface area contributed by atoms with Crippen molar-refractivity contribution < 1.29 is 13.2 Å². The van der Waals surface area contributed by atoms with Gasteiger partial charge in [0.1, 0.15) is 9.84 Å². The van der Waals surface area contributed by atoms with Gasteiger partial charge < -0.3 is 10.1 Å². The van der Waals surface area contributed by atoms with Gasteiger partial charge in [-0.2, -0.15) is 11.8 Å². The Labute approximate surface area is 121 Å². The highest BCUT2D eigenvalue weighted by Crippen LogP contribution is 2.33. The molecular weight excluding hydrogens is 282 g/mol. The van der Waals surface area contributed by atoms with Crippen LogP contribution in [-0.4, -0.2) is 57.2 Å². The second-order valence-electron chi connectivity index (χ2n) is 5.68. The summed E-state index contributed by atoms with van der Waals surface area (Å²) in [5, 5.41) is 3.23. The topological polar surface area (TPSA) is 55.4 Å². The van der Waals surface area contributed by atoms with E-state index in [1.54, 1.807) is 0 Å². The molecule has 0 spiro atoms. The van der Waals surface area contributed by atoms with Gasteiger partial charge in [0.15, 0.2) is 0 Å². The predicted molar refractivity (Wildman–Crippen MR) is 80.5 cm³/mol. The second-order valence-corrected chi connectivity index (χ2v) is 9.15. The van der Waals surface area contributed by atoms with Crippen LogP contribution in [0.2, 0.25) is 0 Å². The lowest BCUT2D eigenvalue weighted by Gasteiger charge is -2.39. The minimum Gasteiger partial charge on any atom is -0.375 e. The number of hydrogen-bond acceptors (Lipinski definition) is 5.